The SMILES string of the molecule is Nc1ccccc1S(=O)(=O)Cc1cccc(Br)c1. The van der Waals surface area contributed by atoms with Gasteiger partial charge >= 0.3 is 0 Å². The number of hydrogen-bond donors (Lipinski definition) is 1. The molecule has 94 valence electrons. The van der Waals surface area contributed by atoms with E-state index in [4.69, 9.17) is 5.73 Å². The predicted molar refractivity (Wildman–Crippen MR) is 75.9 cm³/mol. The number of para-hydroxylation sites is 1. The molecule has 0 saturated heterocycles. The maximum absolute atomic E-state index is 12.2. The van der Waals surface area contributed by atoms with Gasteiger partial charge in [-0.2, -0.15) is 0 Å². The van der Waals surface area contributed by atoms with Gasteiger partial charge in [0.15, 0.2) is 9.84 Å². The fourth-order valence-corrected chi connectivity index (χ4v) is 3.62. The van der Waals surface area contributed by atoms with Gasteiger partial charge in [-0.25, -0.2) is 8.42 Å². The molecule has 0 heterocycles. The van der Waals surface area contributed by atoms with E-state index in [2.05, 4.69) is 15.9 Å². The van der Waals surface area contributed by atoms with Crippen molar-refractivity contribution in [1.82, 2.24) is 0 Å². The van der Waals surface area contributed by atoms with Crippen molar-refractivity contribution in [3.05, 3.63) is 58.6 Å². The molecule has 2 N–H and O–H groups in total. The van der Waals surface area contributed by atoms with Crippen LogP contribution in [0.1, 0.15) is 5.56 Å². The fraction of sp³-hybridized carbons (Fsp3) is 0.0769. The quantitative estimate of drug-likeness (QED) is 0.882. The van der Waals surface area contributed by atoms with E-state index in [-0.39, 0.29) is 16.3 Å². The number of anilines is 1. The van der Waals surface area contributed by atoms with Crippen molar-refractivity contribution >= 4 is 31.5 Å². The van der Waals surface area contributed by atoms with Crippen molar-refractivity contribution in [3.8, 4) is 0 Å². The van der Waals surface area contributed by atoms with Crippen molar-refractivity contribution in [3.63, 3.8) is 0 Å². The second kappa shape index (κ2) is 5.12. The summed E-state index contributed by atoms with van der Waals surface area (Å²) in [6, 6.07) is 13.7. The molecule has 0 aliphatic heterocycles. The van der Waals surface area contributed by atoms with Crippen LogP contribution in [0.3, 0.4) is 0 Å². The molecule has 2 aromatic rings. The van der Waals surface area contributed by atoms with Crippen LogP contribution < -0.4 is 5.73 Å². The van der Waals surface area contributed by atoms with Gasteiger partial charge in [0.2, 0.25) is 0 Å². The second-order valence-electron chi connectivity index (χ2n) is 3.93. The highest BCUT2D eigenvalue weighted by molar-refractivity contribution is 9.10. The van der Waals surface area contributed by atoms with Gasteiger partial charge in [0, 0.05) is 4.47 Å². The Hall–Kier alpha value is -1.33. The van der Waals surface area contributed by atoms with Crippen LogP contribution in [0.5, 0.6) is 0 Å². The maximum atomic E-state index is 12.2. The first-order valence-electron chi connectivity index (χ1n) is 5.31. The van der Waals surface area contributed by atoms with E-state index >= 15 is 0 Å². The van der Waals surface area contributed by atoms with E-state index < -0.39 is 9.84 Å². The first-order chi connectivity index (χ1) is 8.49. The van der Waals surface area contributed by atoms with Crippen molar-refractivity contribution in [2.45, 2.75) is 10.6 Å². The molecule has 0 aliphatic carbocycles. The Morgan fingerprint density at radius 1 is 1.06 bits per heavy atom. The largest absolute Gasteiger partial charge is 0.398 e. The summed E-state index contributed by atoms with van der Waals surface area (Å²) in [7, 11) is -3.41. The Labute approximate surface area is 115 Å². The molecule has 0 radical (unpaired) electrons. The number of sulfone groups is 1. The van der Waals surface area contributed by atoms with Gasteiger partial charge in [-0.1, -0.05) is 40.2 Å². The summed E-state index contributed by atoms with van der Waals surface area (Å²) in [5.41, 5.74) is 6.72. The maximum Gasteiger partial charge on any atom is 0.184 e. The lowest BCUT2D eigenvalue weighted by Crippen LogP contribution is -2.07. The molecule has 0 bridgehead atoms. The van der Waals surface area contributed by atoms with Crippen LogP contribution in [-0.4, -0.2) is 8.42 Å². The smallest absolute Gasteiger partial charge is 0.184 e. The summed E-state index contributed by atoms with van der Waals surface area (Å²) in [6.45, 7) is 0. The summed E-state index contributed by atoms with van der Waals surface area (Å²) in [4.78, 5) is 0.185. The molecule has 2 rings (SSSR count). The molecule has 3 nitrogen and oxygen atoms in total. The van der Waals surface area contributed by atoms with Gasteiger partial charge in [0.05, 0.1) is 16.3 Å². The van der Waals surface area contributed by atoms with Crippen LogP contribution >= 0.6 is 15.9 Å². The average molecular weight is 326 g/mol. The van der Waals surface area contributed by atoms with E-state index in [1.807, 2.05) is 12.1 Å². The Bertz CT molecular complexity index is 668. The Balaban J connectivity index is 2.37. The highest BCUT2D eigenvalue weighted by atomic mass is 79.9. The molecule has 18 heavy (non-hydrogen) atoms. The third kappa shape index (κ3) is 2.91. The molecule has 0 spiro atoms. The molecule has 0 amide bonds. The molecule has 2 aromatic carbocycles. The molecule has 0 saturated carbocycles. The molecule has 0 aromatic heterocycles. The first kappa shape index (κ1) is 13.1. The molecule has 0 fully saturated rings. The standard InChI is InChI=1S/C13H12BrNO2S/c14-11-5-3-4-10(8-11)9-18(16,17)13-7-2-1-6-12(13)15/h1-8H,9,15H2. The van der Waals surface area contributed by atoms with Crippen LogP contribution in [-0.2, 0) is 15.6 Å². The minimum atomic E-state index is -3.41. The summed E-state index contributed by atoms with van der Waals surface area (Å²) in [6.07, 6.45) is 0. The van der Waals surface area contributed by atoms with Crippen molar-refractivity contribution in [2.24, 2.45) is 0 Å². The van der Waals surface area contributed by atoms with Crippen LogP contribution in [0.4, 0.5) is 5.69 Å². The fourth-order valence-electron chi connectivity index (χ4n) is 1.69. The van der Waals surface area contributed by atoms with Gasteiger partial charge < -0.3 is 5.73 Å². The van der Waals surface area contributed by atoms with Crippen LogP contribution in [0.2, 0.25) is 0 Å². The van der Waals surface area contributed by atoms with Gasteiger partial charge in [-0.15, -0.1) is 0 Å². The van der Waals surface area contributed by atoms with Crippen molar-refractivity contribution < 1.29 is 8.42 Å². The monoisotopic (exact) mass is 325 g/mol. The number of halogens is 1. The number of rotatable bonds is 3. The van der Waals surface area contributed by atoms with Gasteiger partial charge in [0.1, 0.15) is 0 Å². The van der Waals surface area contributed by atoms with Crippen molar-refractivity contribution in [2.75, 3.05) is 5.73 Å². The predicted octanol–water partition coefficient (Wildman–Crippen LogP) is 3.01. The minimum Gasteiger partial charge on any atom is -0.398 e. The molecular formula is C13H12BrNO2S. The topological polar surface area (TPSA) is 60.2 Å². The van der Waals surface area contributed by atoms with Crippen LogP contribution in [0, 0.1) is 0 Å². The summed E-state index contributed by atoms with van der Waals surface area (Å²) >= 11 is 3.32. The average Bonchev–Trinajstić information content (AvgIpc) is 2.28. The van der Waals surface area contributed by atoms with Gasteiger partial charge in [-0.05, 0) is 29.8 Å². The molecular weight excluding hydrogens is 314 g/mol. The van der Waals surface area contributed by atoms with E-state index in [9.17, 15) is 8.42 Å². The van der Waals surface area contributed by atoms with Crippen molar-refractivity contribution in [1.29, 1.82) is 0 Å². The highest BCUT2D eigenvalue weighted by Gasteiger charge is 2.17. The Morgan fingerprint density at radius 3 is 2.44 bits per heavy atom. The number of nitrogens with two attached hydrogens (primary N) is 1. The van der Waals surface area contributed by atoms with Gasteiger partial charge in [-0.3, -0.25) is 0 Å². The summed E-state index contributed by atoms with van der Waals surface area (Å²) < 4.78 is 25.3. The normalized spacial score (nSPS) is 11.4. The second-order valence-corrected chi connectivity index (χ2v) is 6.80. The minimum absolute atomic E-state index is 0.0549. The van der Waals surface area contributed by atoms with Crippen LogP contribution in [0.25, 0.3) is 0 Å². The van der Waals surface area contributed by atoms with E-state index in [1.165, 1.54) is 6.07 Å². The Kier molecular flexibility index (Phi) is 3.73. The number of nitrogen functional groups attached to an aromatic ring is 1. The lowest BCUT2D eigenvalue weighted by atomic mass is 10.2. The lowest BCUT2D eigenvalue weighted by Gasteiger charge is -2.07. The zero-order chi connectivity index (χ0) is 13.2. The first-order valence-corrected chi connectivity index (χ1v) is 7.75. The highest BCUT2D eigenvalue weighted by Crippen LogP contribution is 2.23. The zero-order valence-electron chi connectivity index (χ0n) is 9.51. The molecule has 0 aliphatic rings. The number of benzene rings is 2. The molecule has 0 atom stereocenters. The third-order valence-corrected chi connectivity index (χ3v) is 4.75. The zero-order valence-corrected chi connectivity index (χ0v) is 11.9. The molecule has 0 unspecified atom stereocenters. The van der Waals surface area contributed by atoms with Gasteiger partial charge in [0.25, 0.3) is 0 Å². The van der Waals surface area contributed by atoms with Crippen LogP contribution in [0.15, 0.2) is 57.9 Å². The Morgan fingerprint density at radius 2 is 1.78 bits per heavy atom. The summed E-state index contributed by atoms with van der Waals surface area (Å²) in [5, 5.41) is 0. The van der Waals surface area contributed by atoms with E-state index in [1.54, 1.807) is 30.3 Å². The molecule has 5 heteroatoms. The number of hydrogen-bond acceptors (Lipinski definition) is 3. The summed E-state index contributed by atoms with van der Waals surface area (Å²) in [5.74, 6) is -0.0549. The third-order valence-electron chi connectivity index (χ3n) is 2.50. The van der Waals surface area contributed by atoms with E-state index in [0.717, 1.165) is 10.0 Å². The van der Waals surface area contributed by atoms with E-state index in [0.29, 0.717) is 0 Å². The lowest BCUT2D eigenvalue weighted by molar-refractivity contribution is 0.595.